The molecule has 1 aliphatic rings. The highest BCUT2D eigenvalue weighted by Crippen LogP contribution is 2.39. The lowest BCUT2D eigenvalue weighted by Crippen LogP contribution is -2.58. The van der Waals surface area contributed by atoms with Crippen LogP contribution in [0.15, 0.2) is 150 Å². The van der Waals surface area contributed by atoms with E-state index in [0.717, 1.165) is 32.3 Å². The van der Waals surface area contributed by atoms with Crippen LogP contribution < -0.4 is 0 Å². The standard InChI is InChI=1S/C40H39BrO5/c41-35-23-21-34(22-24-35)37-39(44-27-32-17-9-3-10-18-32)40(45-28-33-19-11-4-12-20-33)38(43-26-31-15-7-2-8-16-31)36(46-37)29-42-25-30-13-5-1-6-14-30/h1-24,36-40H,25-29H2/t36-,37+,38-,39+,40+/m1/s1. The Hall–Kier alpha value is -3.62. The van der Waals surface area contributed by atoms with Crippen LogP contribution in [-0.2, 0) is 50.1 Å². The molecule has 1 heterocycles. The molecular weight excluding hydrogens is 640 g/mol. The van der Waals surface area contributed by atoms with Crippen molar-refractivity contribution >= 4 is 15.9 Å². The van der Waals surface area contributed by atoms with Gasteiger partial charge in [-0.05, 0) is 39.9 Å². The lowest BCUT2D eigenvalue weighted by Gasteiger charge is -2.46. The van der Waals surface area contributed by atoms with Gasteiger partial charge < -0.3 is 23.7 Å². The highest BCUT2D eigenvalue weighted by atomic mass is 79.9. The van der Waals surface area contributed by atoms with Crippen molar-refractivity contribution in [1.29, 1.82) is 0 Å². The first-order chi connectivity index (χ1) is 22.7. The predicted octanol–water partition coefficient (Wildman–Crippen LogP) is 8.86. The lowest BCUT2D eigenvalue weighted by atomic mass is 9.90. The quantitative estimate of drug-likeness (QED) is 0.117. The van der Waals surface area contributed by atoms with Crippen LogP contribution in [0.25, 0.3) is 0 Å². The van der Waals surface area contributed by atoms with Crippen molar-refractivity contribution in [2.45, 2.75) is 56.9 Å². The number of halogens is 1. The summed E-state index contributed by atoms with van der Waals surface area (Å²) in [5.74, 6) is 0. The van der Waals surface area contributed by atoms with E-state index in [1.165, 1.54) is 0 Å². The Bertz CT molecular complexity index is 1570. The molecule has 0 saturated carbocycles. The van der Waals surface area contributed by atoms with Crippen LogP contribution in [-0.4, -0.2) is 31.0 Å². The van der Waals surface area contributed by atoms with Gasteiger partial charge in [0.1, 0.15) is 30.5 Å². The number of hydrogen-bond donors (Lipinski definition) is 0. The average molecular weight is 680 g/mol. The molecule has 0 N–H and O–H groups in total. The maximum atomic E-state index is 6.96. The Morgan fingerprint density at radius 3 is 1.35 bits per heavy atom. The Labute approximate surface area is 280 Å². The van der Waals surface area contributed by atoms with Gasteiger partial charge in [-0.3, -0.25) is 0 Å². The average Bonchev–Trinajstić information content (AvgIpc) is 3.11. The first-order valence-corrected chi connectivity index (χ1v) is 16.5. The molecule has 5 aromatic rings. The highest BCUT2D eigenvalue weighted by Gasteiger charge is 2.49. The second kappa shape index (κ2) is 16.8. The van der Waals surface area contributed by atoms with Gasteiger partial charge in [-0.15, -0.1) is 0 Å². The Morgan fingerprint density at radius 1 is 0.457 bits per heavy atom. The van der Waals surface area contributed by atoms with E-state index in [2.05, 4.69) is 76.6 Å². The van der Waals surface area contributed by atoms with Crippen LogP contribution in [0.4, 0.5) is 0 Å². The number of ether oxygens (including phenoxy) is 5. The maximum Gasteiger partial charge on any atom is 0.117 e. The van der Waals surface area contributed by atoms with Crippen LogP contribution in [0.3, 0.4) is 0 Å². The molecule has 0 aromatic heterocycles. The summed E-state index contributed by atoms with van der Waals surface area (Å²) in [7, 11) is 0. The maximum absolute atomic E-state index is 6.96. The fraction of sp³-hybridized carbons (Fsp3) is 0.250. The van der Waals surface area contributed by atoms with Gasteiger partial charge in [0.25, 0.3) is 0 Å². The zero-order chi connectivity index (χ0) is 31.4. The summed E-state index contributed by atoms with van der Waals surface area (Å²) in [6.07, 6.45) is -2.22. The molecule has 5 aromatic carbocycles. The van der Waals surface area contributed by atoms with E-state index >= 15 is 0 Å². The van der Waals surface area contributed by atoms with Crippen LogP contribution in [0.2, 0.25) is 0 Å². The summed E-state index contributed by atoms with van der Waals surface area (Å²) >= 11 is 3.59. The van der Waals surface area contributed by atoms with Gasteiger partial charge in [-0.25, -0.2) is 0 Å². The SMILES string of the molecule is Brc1ccc([C@@H]2O[C@H](COCc3ccccc3)[C@@H](OCc3ccccc3)[C@H](OCc3ccccc3)[C@H]2OCc2ccccc2)cc1. The van der Waals surface area contributed by atoms with Gasteiger partial charge in [0.2, 0.25) is 0 Å². The zero-order valence-corrected chi connectivity index (χ0v) is 27.3. The van der Waals surface area contributed by atoms with E-state index in [9.17, 15) is 0 Å². The van der Waals surface area contributed by atoms with E-state index in [1.54, 1.807) is 0 Å². The summed E-state index contributed by atoms with van der Waals surface area (Å²) in [6, 6.07) is 49.0. The van der Waals surface area contributed by atoms with E-state index in [4.69, 9.17) is 23.7 Å². The first kappa shape index (κ1) is 32.3. The van der Waals surface area contributed by atoms with Crippen molar-refractivity contribution in [3.63, 3.8) is 0 Å². The molecule has 1 fully saturated rings. The summed E-state index contributed by atoms with van der Waals surface area (Å²) < 4.78 is 34.7. The fourth-order valence-electron chi connectivity index (χ4n) is 5.71. The number of rotatable bonds is 14. The molecule has 0 aliphatic carbocycles. The van der Waals surface area contributed by atoms with Crippen LogP contribution in [0.1, 0.15) is 33.9 Å². The second-order valence-electron chi connectivity index (χ2n) is 11.4. The predicted molar refractivity (Wildman–Crippen MR) is 183 cm³/mol. The molecular formula is C40H39BrO5. The largest absolute Gasteiger partial charge is 0.374 e. The third-order valence-corrected chi connectivity index (χ3v) is 8.61. The molecule has 0 radical (unpaired) electrons. The molecule has 1 saturated heterocycles. The molecule has 6 rings (SSSR count). The van der Waals surface area contributed by atoms with E-state index in [-0.39, 0.29) is 0 Å². The topological polar surface area (TPSA) is 46.2 Å². The van der Waals surface area contributed by atoms with Crippen molar-refractivity contribution in [1.82, 2.24) is 0 Å². The number of benzene rings is 5. The Balaban J connectivity index is 1.33. The molecule has 0 spiro atoms. The van der Waals surface area contributed by atoms with Crippen molar-refractivity contribution in [2.75, 3.05) is 6.61 Å². The summed E-state index contributed by atoms with van der Waals surface area (Å²) in [6.45, 7) is 2.03. The monoisotopic (exact) mass is 678 g/mol. The molecule has 5 nitrogen and oxygen atoms in total. The minimum atomic E-state index is -0.466. The van der Waals surface area contributed by atoms with Crippen molar-refractivity contribution in [3.05, 3.63) is 178 Å². The van der Waals surface area contributed by atoms with Gasteiger partial charge in [0, 0.05) is 4.47 Å². The molecule has 1 aliphatic heterocycles. The molecule has 0 unspecified atom stereocenters. The van der Waals surface area contributed by atoms with E-state index < -0.39 is 30.5 Å². The van der Waals surface area contributed by atoms with Gasteiger partial charge in [-0.1, -0.05) is 149 Å². The van der Waals surface area contributed by atoms with Crippen LogP contribution >= 0.6 is 15.9 Å². The summed E-state index contributed by atoms with van der Waals surface area (Å²) in [5, 5.41) is 0. The van der Waals surface area contributed by atoms with Gasteiger partial charge in [-0.2, -0.15) is 0 Å². The zero-order valence-electron chi connectivity index (χ0n) is 25.7. The minimum absolute atomic E-state index is 0.331. The molecule has 46 heavy (non-hydrogen) atoms. The molecule has 0 amide bonds. The third-order valence-electron chi connectivity index (χ3n) is 8.08. The van der Waals surface area contributed by atoms with Crippen molar-refractivity contribution < 1.29 is 23.7 Å². The van der Waals surface area contributed by atoms with Gasteiger partial charge in [0.15, 0.2) is 0 Å². The summed E-state index contributed by atoms with van der Waals surface area (Å²) in [4.78, 5) is 0. The fourth-order valence-corrected chi connectivity index (χ4v) is 5.97. The molecule has 6 heteroatoms. The van der Waals surface area contributed by atoms with Gasteiger partial charge >= 0.3 is 0 Å². The third kappa shape index (κ3) is 9.01. The van der Waals surface area contributed by atoms with Crippen molar-refractivity contribution in [2.24, 2.45) is 0 Å². The Kier molecular flexibility index (Phi) is 11.8. The number of hydrogen-bond acceptors (Lipinski definition) is 5. The molecule has 5 atom stereocenters. The van der Waals surface area contributed by atoms with Crippen LogP contribution in [0.5, 0.6) is 0 Å². The van der Waals surface area contributed by atoms with Crippen molar-refractivity contribution in [3.8, 4) is 0 Å². The van der Waals surface area contributed by atoms with E-state index in [0.29, 0.717) is 33.0 Å². The minimum Gasteiger partial charge on any atom is -0.374 e. The normalized spacial score (nSPS) is 21.2. The highest BCUT2D eigenvalue weighted by molar-refractivity contribution is 9.10. The first-order valence-electron chi connectivity index (χ1n) is 15.7. The Morgan fingerprint density at radius 2 is 0.870 bits per heavy atom. The van der Waals surface area contributed by atoms with Gasteiger partial charge in [0.05, 0.1) is 33.0 Å². The second-order valence-corrected chi connectivity index (χ2v) is 12.3. The van der Waals surface area contributed by atoms with E-state index in [1.807, 2.05) is 84.9 Å². The smallest absolute Gasteiger partial charge is 0.117 e. The molecule has 0 bridgehead atoms. The van der Waals surface area contributed by atoms with Crippen LogP contribution in [0, 0.1) is 0 Å². The molecule has 236 valence electrons. The summed E-state index contributed by atoms with van der Waals surface area (Å²) in [5.41, 5.74) is 5.34. The lowest BCUT2D eigenvalue weighted by molar-refractivity contribution is -0.275.